The van der Waals surface area contributed by atoms with Crippen LogP contribution in [0, 0.1) is 0 Å². The molecular weight excluding hydrogens is 496 g/mol. The van der Waals surface area contributed by atoms with Gasteiger partial charge in [-0.2, -0.15) is 0 Å². The van der Waals surface area contributed by atoms with Crippen molar-refractivity contribution in [3.8, 4) is 11.1 Å². The highest BCUT2D eigenvalue weighted by Gasteiger charge is 2.22. The molecule has 4 rings (SSSR count). The van der Waals surface area contributed by atoms with Crippen LogP contribution in [-0.2, 0) is 9.59 Å². The van der Waals surface area contributed by atoms with Crippen LogP contribution in [0.1, 0.15) is 37.8 Å². The number of nitrogens with two attached hydrogens (primary N) is 1. The molecule has 0 radical (unpaired) electrons. The summed E-state index contributed by atoms with van der Waals surface area (Å²) in [6.45, 7) is 5.19. The molecule has 40 heavy (non-hydrogen) atoms. The molecule has 0 saturated heterocycles. The molecule has 0 aromatic heterocycles. The van der Waals surface area contributed by atoms with Crippen LogP contribution in [0.15, 0.2) is 114 Å². The summed E-state index contributed by atoms with van der Waals surface area (Å²) in [6, 6.07) is 23.6. The zero-order valence-electron chi connectivity index (χ0n) is 23.0. The average molecular weight is 533 g/mol. The van der Waals surface area contributed by atoms with E-state index in [0.717, 1.165) is 41.8 Å². The van der Waals surface area contributed by atoms with E-state index in [1.54, 1.807) is 30.4 Å². The number of unbranched alkanes of at least 4 members (excludes halogenated alkanes) is 1. The summed E-state index contributed by atoms with van der Waals surface area (Å²) in [6.07, 6.45) is 10.7. The quantitative estimate of drug-likeness (QED) is 0.0799. The van der Waals surface area contributed by atoms with Crippen molar-refractivity contribution in [3.63, 3.8) is 0 Å². The molecule has 0 fully saturated rings. The number of carbonyl (C=O) groups excluding carboxylic acids is 2. The fraction of sp³-hybridized carbons (Fsp3) is 0.176. The normalized spacial score (nSPS) is 12.6. The predicted octanol–water partition coefficient (Wildman–Crippen LogP) is 6.21. The summed E-state index contributed by atoms with van der Waals surface area (Å²) in [7, 11) is 0. The van der Waals surface area contributed by atoms with Gasteiger partial charge < -0.3 is 21.7 Å². The van der Waals surface area contributed by atoms with Crippen molar-refractivity contribution in [1.29, 1.82) is 0 Å². The number of nitrogens with one attached hydrogen (secondary N) is 3. The van der Waals surface area contributed by atoms with Gasteiger partial charge in [0.15, 0.2) is 0 Å². The topological polar surface area (TPSA) is 96.2 Å². The summed E-state index contributed by atoms with van der Waals surface area (Å²) in [5.41, 5.74) is 14.0. The van der Waals surface area contributed by atoms with Crippen LogP contribution in [0.25, 0.3) is 16.7 Å². The van der Waals surface area contributed by atoms with Crippen molar-refractivity contribution >= 4 is 28.8 Å². The second-order valence-corrected chi connectivity index (χ2v) is 9.59. The maximum Gasteiger partial charge on any atom is 0.255 e. The molecule has 6 nitrogen and oxygen atoms in total. The van der Waals surface area contributed by atoms with Crippen LogP contribution >= 0.6 is 0 Å². The molecule has 0 spiro atoms. The van der Waals surface area contributed by atoms with E-state index < -0.39 is 0 Å². The summed E-state index contributed by atoms with van der Waals surface area (Å²) in [5.74, 6) is -0.307. The molecule has 3 aromatic rings. The minimum Gasteiger partial charge on any atom is -0.397 e. The number of nitrogen functional groups attached to an aromatic ring is 1. The second kappa shape index (κ2) is 13.8. The summed E-state index contributed by atoms with van der Waals surface area (Å²) in [4.78, 5) is 25.4. The van der Waals surface area contributed by atoms with Gasteiger partial charge in [-0.05, 0) is 78.8 Å². The molecule has 0 heterocycles. The summed E-state index contributed by atoms with van der Waals surface area (Å²) < 4.78 is 0. The lowest BCUT2D eigenvalue weighted by atomic mass is 10.0. The smallest absolute Gasteiger partial charge is 0.255 e. The minimum atomic E-state index is -0.227. The van der Waals surface area contributed by atoms with Gasteiger partial charge >= 0.3 is 0 Å². The third-order valence-corrected chi connectivity index (χ3v) is 6.64. The Bertz CT molecular complexity index is 1450. The van der Waals surface area contributed by atoms with Gasteiger partial charge in [0.1, 0.15) is 0 Å². The lowest BCUT2D eigenvalue weighted by Crippen LogP contribution is -2.23. The van der Waals surface area contributed by atoms with Crippen LogP contribution in [0.5, 0.6) is 0 Å². The highest BCUT2D eigenvalue weighted by molar-refractivity contribution is 6.08. The van der Waals surface area contributed by atoms with E-state index in [4.69, 9.17) is 5.73 Å². The zero-order chi connectivity index (χ0) is 28.3. The van der Waals surface area contributed by atoms with Gasteiger partial charge in [-0.1, -0.05) is 72.8 Å². The van der Waals surface area contributed by atoms with Gasteiger partial charge in [-0.25, -0.2) is 0 Å². The first-order valence-electron chi connectivity index (χ1n) is 13.6. The van der Waals surface area contributed by atoms with E-state index in [-0.39, 0.29) is 11.8 Å². The first-order chi connectivity index (χ1) is 19.5. The third kappa shape index (κ3) is 7.17. The number of para-hydroxylation sites is 2. The number of allylic oxidation sites excluding steroid dienone is 4. The highest BCUT2D eigenvalue weighted by atomic mass is 16.2. The number of hydrogen-bond donors (Lipinski definition) is 4. The third-order valence-electron chi connectivity index (χ3n) is 6.64. The Morgan fingerprint density at radius 3 is 1.98 bits per heavy atom. The van der Waals surface area contributed by atoms with E-state index in [9.17, 15) is 9.59 Å². The van der Waals surface area contributed by atoms with E-state index >= 15 is 0 Å². The minimum absolute atomic E-state index is 0.0808. The molecule has 0 atom stereocenters. The molecule has 204 valence electrons. The van der Waals surface area contributed by atoms with Crippen molar-refractivity contribution < 1.29 is 9.59 Å². The Morgan fingerprint density at radius 2 is 1.35 bits per heavy atom. The van der Waals surface area contributed by atoms with Gasteiger partial charge in [-0.15, -0.1) is 0 Å². The number of fused-ring (bicyclic) bond motifs is 3. The molecule has 0 aliphatic heterocycles. The van der Waals surface area contributed by atoms with Crippen LogP contribution < -0.4 is 21.7 Å². The Kier molecular flexibility index (Phi) is 9.72. The second-order valence-electron chi connectivity index (χ2n) is 9.59. The monoisotopic (exact) mass is 532 g/mol. The van der Waals surface area contributed by atoms with E-state index in [1.807, 2.05) is 62.4 Å². The van der Waals surface area contributed by atoms with Crippen LogP contribution in [0.4, 0.5) is 11.4 Å². The Labute approximate surface area is 236 Å². The van der Waals surface area contributed by atoms with Crippen molar-refractivity contribution in [2.45, 2.75) is 26.7 Å². The van der Waals surface area contributed by atoms with Gasteiger partial charge in [0.25, 0.3) is 5.91 Å². The SMILES string of the molecule is CC=C/C(=C\C=C(/C)NCCCCNC(=O)C=C1c2ccccc2-c2ccccc21)C(=O)Nc1ccccc1N. The molecule has 0 bridgehead atoms. The average Bonchev–Trinajstić information content (AvgIpc) is 3.27. The molecule has 3 aromatic carbocycles. The summed E-state index contributed by atoms with van der Waals surface area (Å²) in [5, 5.41) is 9.24. The molecule has 6 heteroatoms. The number of rotatable bonds is 11. The molecule has 1 aliphatic rings. The number of hydrogen-bond acceptors (Lipinski definition) is 4. The number of amides is 2. The maximum atomic E-state index is 12.7. The van der Waals surface area contributed by atoms with Crippen LogP contribution in [-0.4, -0.2) is 24.9 Å². The molecule has 0 unspecified atom stereocenters. The van der Waals surface area contributed by atoms with E-state index in [0.29, 0.717) is 23.5 Å². The largest absolute Gasteiger partial charge is 0.397 e. The van der Waals surface area contributed by atoms with Crippen molar-refractivity contribution in [2.75, 3.05) is 24.1 Å². The number of benzene rings is 3. The van der Waals surface area contributed by atoms with Crippen molar-refractivity contribution in [1.82, 2.24) is 10.6 Å². The first-order valence-corrected chi connectivity index (χ1v) is 13.6. The number of anilines is 2. The first kappa shape index (κ1) is 28.2. The molecule has 2 amide bonds. The highest BCUT2D eigenvalue weighted by Crippen LogP contribution is 2.43. The summed E-state index contributed by atoms with van der Waals surface area (Å²) >= 11 is 0. The lowest BCUT2D eigenvalue weighted by molar-refractivity contribution is -0.116. The Morgan fingerprint density at radius 1 is 0.775 bits per heavy atom. The van der Waals surface area contributed by atoms with Crippen molar-refractivity contribution in [2.24, 2.45) is 0 Å². The number of carbonyl (C=O) groups is 2. The van der Waals surface area contributed by atoms with Crippen LogP contribution in [0.2, 0.25) is 0 Å². The van der Waals surface area contributed by atoms with Gasteiger partial charge in [0.05, 0.1) is 11.4 Å². The van der Waals surface area contributed by atoms with E-state index in [1.165, 1.54) is 11.1 Å². The standard InChI is InChI=1S/C34H36N4O2/c1-3-12-25(34(40)38-32-18-9-8-17-31(32)35)20-19-24(2)36-21-10-11-22-37-33(39)23-30-28-15-6-4-13-26(28)27-14-5-7-16-29(27)30/h3-9,12-20,23,36H,10-11,21-22,35H2,1-2H3,(H,37,39)(H,38,40)/b12-3?,24-19+,25-20+. The molecule has 5 N–H and O–H groups in total. The predicted molar refractivity (Wildman–Crippen MR) is 165 cm³/mol. The fourth-order valence-electron chi connectivity index (χ4n) is 4.60. The molecule has 1 aliphatic carbocycles. The van der Waals surface area contributed by atoms with Gasteiger partial charge in [0, 0.05) is 30.4 Å². The fourth-order valence-corrected chi connectivity index (χ4v) is 4.60. The zero-order valence-corrected chi connectivity index (χ0v) is 23.0. The van der Waals surface area contributed by atoms with Crippen molar-refractivity contribution in [3.05, 3.63) is 126 Å². The molecule has 0 saturated carbocycles. The molecular formula is C34H36N4O2. The van der Waals surface area contributed by atoms with Gasteiger partial charge in [0.2, 0.25) is 5.91 Å². The Balaban J connectivity index is 1.23. The van der Waals surface area contributed by atoms with Crippen LogP contribution in [0.3, 0.4) is 0 Å². The lowest BCUT2D eigenvalue weighted by Gasteiger charge is -2.09. The maximum absolute atomic E-state index is 12.7. The van der Waals surface area contributed by atoms with Gasteiger partial charge in [-0.3, -0.25) is 9.59 Å². The van der Waals surface area contributed by atoms with E-state index in [2.05, 4.69) is 40.2 Å². The Hall–Kier alpha value is -4.84.